The SMILES string of the molecule is CC(C)CN/C(=C\N=O)C(C)c1ccc(Cl)nc1. The van der Waals surface area contributed by atoms with E-state index in [4.69, 9.17) is 11.6 Å². The van der Waals surface area contributed by atoms with Crippen LogP contribution < -0.4 is 5.32 Å². The Morgan fingerprint density at radius 1 is 1.50 bits per heavy atom. The maximum Gasteiger partial charge on any atom is 0.129 e. The van der Waals surface area contributed by atoms with Gasteiger partial charge >= 0.3 is 0 Å². The Morgan fingerprint density at radius 2 is 2.22 bits per heavy atom. The van der Waals surface area contributed by atoms with Gasteiger partial charge in [-0.1, -0.05) is 38.4 Å². The van der Waals surface area contributed by atoms with E-state index in [1.54, 1.807) is 12.3 Å². The first-order valence-corrected chi connectivity index (χ1v) is 6.30. The monoisotopic (exact) mass is 267 g/mol. The molecular weight excluding hydrogens is 250 g/mol. The largest absolute Gasteiger partial charge is 0.386 e. The molecule has 18 heavy (non-hydrogen) atoms. The Bertz CT molecular complexity index is 415. The van der Waals surface area contributed by atoms with Crippen LogP contribution in [0, 0.1) is 10.8 Å². The number of hydrogen-bond acceptors (Lipinski definition) is 4. The average molecular weight is 268 g/mol. The summed E-state index contributed by atoms with van der Waals surface area (Å²) in [5.41, 5.74) is 1.79. The molecule has 0 aromatic carbocycles. The van der Waals surface area contributed by atoms with Crippen LogP contribution in [0.2, 0.25) is 5.15 Å². The number of rotatable bonds is 6. The number of nitrogens with zero attached hydrogens (tertiary/aromatic N) is 2. The summed E-state index contributed by atoms with van der Waals surface area (Å²) in [7, 11) is 0. The summed E-state index contributed by atoms with van der Waals surface area (Å²) in [6.07, 6.45) is 3.03. The van der Waals surface area contributed by atoms with E-state index >= 15 is 0 Å². The van der Waals surface area contributed by atoms with E-state index < -0.39 is 0 Å². The summed E-state index contributed by atoms with van der Waals surface area (Å²) in [6, 6.07) is 3.64. The van der Waals surface area contributed by atoms with Gasteiger partial charge in [-0.25, -0.2) is 4.98 Å². The van der Waals surface area contributed by atoms with Crippen molar-refractivity contribution in [1.29, 1.82) is 0 Å². The molecule has 4 nitrogen and oxygen atoms in total. The van der Waals surface area contributed by atoms with Crippen molar-refractivity contribution in [3.05, 3.63) is 45.9 Å². The fraction of sp³-hybridized carbons (Fsp3) is 0.462. The molecule has 0 aliphatic heterocycles. The first-order chi connectivity index (χ1) is 8.54. The lowest BCUT2D eigenvalue weighted by Crippen LogP contribution is -2.22. The number of nitrogens with one attached hydrogen (secondary N) is 1. The van der Waals surface area contributed by atoms with Crippen LogP contribution in [0.5, 0.6) is 0 Å². The molecule has 0 spiro atoms. The second-order valence-electron chi connectivity index (χ2n) is 4.60. The summed E-state index contributed by atoms with van der Waals surface area (Å²) >= 11 is 5.75. The number of pyridine rings is 1. The van der Waals surface area contributed by atoms with Crippen LogP contribution >= 0.6 is 11.6 Å². The Morgan fingerprint density at radius 3 is 2.72 bits per heavy atom. The highest BCUT2D eigenvalue weighted by Gasteiger charge is 2.12. The molecular formula is C13H18ClN3O. The van der Waals surface area contributed by atoms with Crippen LogP contribution in [-0.2, 0) is 0 Å². The highest BCUT2D eigenvalue weighted by Crippen LogP contribution is 2.22. The lowest BCUT2D eigenvalue weighted by molar-refractivity contribution is 0.575. The molecule has 0 saturated carbocycles. The minimum absolute atomic E-state index is 0.0335. The molecule has 1 unspecified atom stereocenters. The van der Waals surface area contributed by atoms with Crippen molar-refractivity contribution in [2.24, 2.45) is 11.1 Å². The van der Waals surface area contributed by atoms with Crippen LogP contribution in [0.3, 0.4) is 0 Å². The van der Waals surface area contributed by atoms with Gasteiger partial charge in [-0.05, 0) is 22.7 Å². The van der Waals surface area contributed by atoms with Gasteiger partial charge < -0.3 is 5.32 Å². The van der Waals surface area contributed by atoms with Gasteiger partial charge in [0, 0.05) is 24.4 Å². The first kappa shape index (κ1) is 14.6. The standard InChI is InChI=1S/C13H18ClN3O/c1-9(2)6-15-12(8-17-18)10(3)11-4-5-13(14)16-7-11/h4-5,7-10,15H,6H2,1-3H3/b12-8-. The van der Waals surface area contributed by atoms with Crippen LogP contribution in [0.25, 0.3) is 0 Å². The molecule has 0 radical (unpaired) electrons. The predicted molar refractivity (Wildman–Crippen MR) is 74.4 cm³/mol. The third-order valence-electron chi connectivity index (χ3n) is 2.62. The number of hydrogen-bond donors (Lipinski definition) is 1. The molecule has 0 saturated heterocycles. The van der Waals surface area contributed by atoms with Crippen molar-refractivity contribution in [1.82, 2.24) is 10.3 Å². The molecule has 1 heterocycles. The summed E-state index contributed by atoms with van der Waals surface area (Å²) < 4.78 is 0. The minimum Gasteiger partial charge on any atom is -0.386 e. The van der Waals surface area contributed by atoms with E-state index in [-0.39, 0.29) is 5.92 Å². The van der Waals surface area contributed by atoms with E-state index in [1.165, 1.54) is 6.20 Å². The highest BCUT2D eigenvalue weighted by molar-refractivity contribution is 6.29. The summed E-state index contributed by atoms with van der Waals surface area (Å²) in [5.74, 6) is 0.529. The van der Waals surface area contributed by atoms with Gasteiger partial charge in [-0.2, -0.15) is 0 Å². The fourth-order valence-corrected chi connectivity index (χ4v) is 1.62. The Kier molecular flexibility index (Phi) is 5.78. The van der Waals surface area contributed by atoms with Gasteiger partial charge in [0.15, 0.2) is 0 Å². The quantitative estimate of drug-likeness (QED) is 0.632. The van der Waals surface area contributed by atoms with Crippen molar-refractivity contribution in [3.63, 3.8) is 0 Å². The molecule has 1 aromatic heterocycles. The van der Waals surface area contributed by atoms with E-state index in [0.29, 0.717) is 11.1 Å². The Hall–Kier alpha value is -1.42. The van der Waals surface area contributed by atoms with Crippen molar-refractivity contribution >= 4 is 11.6 Å². The molecule has 0 aliphatic carbocycles. The van der Waals surface area contributed by atoms with Crippen LogP contribution in [0.15, 0.2) is 35.4 Å². The molecule has 1 rings (SSSR count). The number of halogens is 1. The number of aromatic nitrogens is 1. The maximum absolute atomic E-state index is 10.4. The Labute approximate surface area is 112 Å². The van der Waals surface area contributed by atoms with Crippen molar-refractivity contribution < 1.29 is 0 Å². The van der Waals surface area contributed by atoms with Gasteiger partial charge in [0.05, 0.1) is 6.20 Å². The Balaban J connectivity index is 2.82. The average Bonchev–Trinajstić information content (AvgIpc) is 2.34. The molecule has 5 heteroatoms. The van der Waals surface area contributed by atoms with Gasteiger partial charge in [-0.3, -0.25) is 0 Å². The zero-order valence-corrected chi connectivity index (χ0v) is 11.6. The van der Waals surface area contributed by atoms with Gasteiger partial charge in [-0.15, -0.1) is 4.91 Å². The van der Waals surface area contributed by atoms with Crippen molar-refractivity contribution in [3.8, 4) is 0 Å². The molecule has 1 aromatic rings. The third kappa shape index (κ3) is 4.45. The molecule has 0 bridgehead atoms. The second kappa shape index (κ2) is 7.11. The van der Waals surface area contributed by atoms with Gasteiger partial charge in [0.2, 0.25) is 0 Å². The molecule has 0 aliphatic rings. The normalized spacial score (nSPS) is 13.5. The van der Waals surface area contributed by atoms with Crippen LogP contribution in [0.1, 0.15) is 32.3 Å². The lowest BCUT2D eigenvalue weighted by Gasteiger charge is -2.18. The molecule has 98 valence electrons. The topological polar surface area (TPSA) is 54.4 Å². The van der Waals surface area contributed by atoms with Crippen molar-refractivity contribution in [2.45, 2.75) is 26.7 Å². The van der Waals surface area contributed by atoms with Gasteiger partial charge in [0.1, 0.15) is 5.15 Å². The molecule has 1 atom stereocenters. The first-order valence-electron chi connectivity index (χ1n) is 5.92. The number of allylic oxidation sites excluding steroid dienone is 1. The van der Waals surface area contributed by atoms with E-state index in [0.717, 1.165) is 17.8 Å². The summed E-state index contributed by atoms with van der Waals surface area (Å²) in [4.78, 5) is 14.5. The minimum atomic E-state index is 0.0335. The molecule has 0 amide bonds. The third-order valence-corrected chi connectivity index (χ3v) is 2.85. The van der Waals surface area contributed by atoms with Crippen LogP contribution in [-0.4, -0.2) is 11.5 Å². The second-order valence-corrected chi connectivity index (χ2v) is 4.99. The van der Waals surface area contributed by atoms with E-state index in [2.05, 4.69) is 29.3 Å². The highest BCUT2D eigenvalue weighted by atomic mass is 35.5. The maximum atomic E-state index is 10.4. The summed E-state index contributed by atoms with van der Waals surface area (Å²) in [6.45, 7) is 7.00. The van der Waals surface area contributed by atoms with E-state index in [1.807, 2.05) is 13.0 Å². The molecule has 0 fully saturated rings. The summed E-state index contributed by atoms with van der Waals surface area (Å²) in [5, 5.41) is 6.56. The van der Waals surface area contributed by atoms with Crippen LogP contribution in [0.4, 0.5) is 0 Å². The predicted octanol–water partition coefficient (Wildman–Crippen LogP) is 3.69. The van der Waals surface area contributed by atoms with E-state index in [9.17, 15) is 4.91 Å². The smallest absolute Gasteiger partial charge is 0.129 e. The lowest BCUT2D eigenvalue weighted by atomic mass is 9.99. The number of nitroso groups, excluding NO2 is 1. The zero-order chi connectivity index (χ0) is 13.5. The molecule has 1 N–H and O–H groups in total. The van der Waals surface area contributed by atoms with Gasteiger partial charge in [0.25, 0.3) is 0 Å². The fourth-order valence-electron chi connectivity index (χ4n) is 1.51. The van der Waals surface area contributed by atoms with Crippen molar-refractivity contribution in [2.75, 3.05) is 6.54 Å². The zero-order valence-electron chi connectivity index (χ0n) is 10.9.